The minimum atomic E-state index is -0.570. The fraction of sp³-hybridized carbons (Fsp3) is 0. The van der Waals surface area contributed by atoms with Gasteiger partial charge in [0, 0.05) is 0 Å². The Morgan fingerprint density at radius 2 is 1.80 bits per heavy atom. The molecule has 0 fully saturated rings. The summed E-state index contributed by atoms with van der Waals surface area (Å²) >= 11 is 0. The number of aliphatic imine (C=N–C) groups is 1. The van der Waals surface area contributed by atoms with E-state index in [2.05, 4.69) is 4.99 Å². The Morgan fingerprint density at radius 1 is 1.10 bits per heavy atom. The normalized spacial score (nSPS) is 9.80. The number of rotatable bonds is 4. The summed E-state index contributed by atoms with van der Waals surface area (Å²) in [6.45, 7) is 0. The van der Waals surface area contributed by atoms with Gasteiger partial charge in [0.05, 0.1) is 11.0 Å². The van der Waals surface area contributed by atoms with Crippen molar-refractivity contribution in [2.24, 2.45) is 16.5 Å². The van der Waals surface area contributed by atoms with Gasteiger partial charge in [0.15, 0.2) is 5.96 Å². The van der Waals surface area contributed by atoms with Crippen LogP contribution in [0.1, 0.15) is 0 Å². The van der Waals surface area contributed by atoms with Crippen molar-refractivity contribution in [3.8, 4) is 11.5 Å². The van der Waals surface area contributed by atoms with Gasteiger partial charge in [-0.15, -0.1) is 0 Å². The minimum Gasteiger partial charge on any atom is -0.457 e. The van der Waals surface area contributed by atoms with Gasteiger partial charge in [0.1, 0.15) is 17.2 Å². The molecule has 0 amide bonds. The van der Waals surface area contributed by atoms with Crippen LogP contribution in [-0.4, -0.2) is 10.9 Å². The SMILES string of the molecule is NC(N)=Nc1ccc(Oc2ccccc2)cc1[N+](=O)[O-]. The Hall–Kier alpha value is -3.09. The van der Waals surface area contributed by atoms with Crippen LogP contribution < -0.4 is 16.2 Å². The molecule has 102 valence electrons. The highest BCUT2D eigenvalue weighted by Crippen LogP contribution is 2.33. The molecule has 0 atom stereocenters. The molecule has 0 aliphatic rings. The van der Waals surface area contributed by atoms with E-state index in [0.29, 0.717) is 11.5 Å². The van der Waals surface area contributed by atoms with Gasteiger partial charge in [0.2, 0.25) is 0 Å². The van der Waals surface area contributed by atoms with E-state index >= 15 is 0 Å². The first-order valence-electron chi connectivity index (χ1n) is 5.67. The Kier molecular flexibility index (Phi) is 3.80. The van der Waals surface area contributed by atoms with E-state index in [0.717, 1.165) is 0 Å². The molecule has 2 aromatic rings. The van der Waals surface area contributed by atoms with Gasteiger partial charge >= 0.3 is 0 Å². The van der Waals surface area contributed by atoms with Crippen LogP contribution in [0.3, 0.4) is 0 Å². The number of para-hydroxylation sites is 1. The lowest BCUT2D eigenvalue weighted by molar-refractivity contribution is -0.384. The number of guanidine groups is 1. The summed E-state index contributed by atoms with van der Waals surface area (Å²) in [5.41, 5.74) is 10.3. The smallest absolute Gasteiger partial charge is 0.298 e. The number of nitrogens with zero attached hydrogens (tertiary/aromatic N) is 2. The summed E-state index contributed by atoms with van der Waals surface area (Å²) in [7, 11) is 0. The first-order chi connectivity index (χ1) is 9.56. The summed E-state index contributed by atoms with van der Waals surface area (Å²) in [5.74, 6) is 0.665. The maximum Gasteiger partial charge on any atom is 0.298 e. The lowest BCUT2D eigenvalue weighted by Crippen LogP contribution is -2.22. The summed E-state index contributed by atoms with van der Waals surface area (Å²) in [4.78, 5) is 14.1. The van der Waals surface area contributed by atoms with Crippen LogP contribution in [0.4, 0.5) is 11.4 Å². The van der Waals surface area contributed by atoms with E-state index < -0.39 is 4.92 Å². The van der Waals surface area contributed by atoms with Crippen molar-refractivity contribution in [1.29, 1.82) is 0 Å². The van der Waals surface area contributed by atoms with Crippen molar-refractivity contribution in [2.75, 3.05) is 0 Å². The van der Waals surface area contributed by atoms with Crippen molar-refractivity contribution in [1.82, 2.24) is 0 Å². The van der Waals surface area contributed by atoms with Gasteiger partial charge in [-0.2, -0.15) is 0 Å². The number of benzene rings is 2. The van der Waals surface area contributed by atoms with Crippen molar-refractivity contribution in [2.45, 2.75) is 0 Å². The topological polar surface area (TPSA) is 117 Å². The van der Waals surface area contributed by atoms with Crippen LogP contribution in [0.15, 0.2) is 53.5 Å². The second kappa shape index (κ2) is 5.70. The lowest BCUT2D eigenvalue weighted by Gasteiger charge is -2.06. The predicted molar refractivity (Wildman–Crippen MR) is 75.1 cm³/mol. The molecule has 0 saturated carbocycles. The first-order valence-corrected chi connectivity index (χ1v) is 5.67. The van der Waals surface area contributed by atoms with Gasteiger partial charge in [-0.1, -0.05) is 18.2 Å². The van der Waals surface area contributed by atoms with E-state index in [1.807, 2.05) is 6.07 Å². The summed E-state index contributed by atoms with van der Waals surface area (Å²) in [6, 6.07) is 13.2. The summed E-state index contributed by atoms with van der Waals surface area (Å²) in [6.07, 6.45) is 0. The van der Waals surface area contributed by atoms with Gasteiger partial charge in [-0.3, -0.25) is 10.1 Å². The molecular weight excluding hydrogens is 260 g/mol. The molecule has 7 nitrogen and oxygen atoms in total. The van der Waals surface area contributed by atoms with Crippen LogP contribution >= 0.6 is 0 Å². The Bertz CT molecular complexity index is 652. The molecule has 0 saturated heterocycles. The van der Waals surface area contributed by atoms with Crippen molar-refractivity contribution in [3.05, 3.63) is 58.6 Å². The van der Waals surface area contributed by atoms with E-state index in [-0.39, 0.29) is 17.3 Å². The minimum absolute atomic E-state index is 0.0791. The maximum absolute atomic E-state index is 11.0. The monoisotopic (exact) mass is 272 g/mol. The van der Waals surface area contributed by atoms with Crippen LogP contribution in [0.2, 0.25) is 0 Å². The zero-order valence-corrected chi connectivity index (χ0v) is 10.4. The summed E-state index contributed by atoms with van der Waals surface area (Å²) < 4.78 is 5.51. The van der Waals surface area contributed by atoms with E-state index in [9.17, 15) is 10.1 Å². The quantitative estimate of drug-likeness (QED) is 0.383. The Labute approximate surface area is 114 Å². The number of nitro groups is 1. The number of hydrogen-bond donors (Lipinski definition) is 2. The molecule has 0 aliphatic carbocycles. The number of nitro benzene ring substituents is 1. The van der Waals surface area contributed by atoms with Gasteiger partial charge < -0.3 is 16.2 Å². The highest BCUT2D eigenvalue weighted by molar-refractivity contribution is 5.81. The van der Waals surface area contributed by atoms with E-state index in [4.69, 9.17) is 16.2 Å². The Morgan fingerprint density at radius 3 is 2.40 bits per heavy atom. The standard InChI is InChI=1S/C13H12N4O3/c14-13(15)16-11-7-6-10(8-12(11)17(18)19)20-9-4-2-1-3-5-9/h1-8H,(H4,14,15,16). The average molecular weight is 272 g/mol. The highest BCUT2D eigenvalue weighted by atomic mass is 16.6. The first kappa shape index (κ1) is 13.3. The molecule has 0 aliphatic heterocycles. The van der Waals surface area contributed by atoms with Crippen LogP contribution in [0.5, 0.6) is 11.5 Å². The molecule has 2 rings (SSSR count). The van der Waals surface area contributed by atoms with Crippen molar-refractivity contribution >= 4 is 17.3 Å². The fourth-order valence-electron chi connectivity index (χ4n) is 1.57. The molecule has 0 aromatic heterocycles. The maximum atomic E-state index is 11.0. The van der Waals surface area contributed by atoms with E-state index in [1.165, 1.54) is 12.1 Å². The number of ether oxygens (including phenoxy) is 1. The number of hydrogen-bond acceptors (Lipinski definition) is 4. The van der Waals surface area contributed by atoms with Crippen molar-refractivity contribution < 1.29 is 9.66 Å². The highest BCUT2D eigenvalue weighted by Gasteiger charge is 2.15. The molecule has 20 heavy (non-hydrogen) atoms. The molecule has 0 unspecified atom stereocenters. The zero-order chi connectivity index (χ0) is 14.5. The van der Waals surface area contributed by atoms with Crippen LogP contribution in [0.25, 0.3) is 0 Å². The average Bonchev–Trinajstić information content (AvgIpc) is 2.41. The third kappa shape index (κ3) is 3.22. The second-order valence-corrected chi connectivity index (χ2v) is 3.86. The third-order valence-electron chi connectivity index (χ3n) is 2.37. The molecule has 0 radical (unpaired) electrons. The second-order valence-electron chi connectivity index (χ2n) is 3.86. The molecule has 4 N–H and O–H groups in total. The number of nitrogens with two attached hydrogens (primary N) is 2. The van der Waals surface area contributed by atoms with E-state index in [1.54, 1.807) is 30.3 Å². The lowest BCUT2D eigenvalue weighted by atomic mass is 10.2. The molecule has 0 spiro atoms. The molecular formula is C13H12N4O3. The third-order valence-corrected chi connectivity index (χ3v) is 2.37. The van der Waals surface area contributed by atoms with Crippen LogP contribution in [0, 0.1) is 10.1 Å². The van der Waals surface area contributed by atoms with Gasteiger partial charge in [-0.25, -0.2) is 4.99 Å². The van der Waals surface area contributed by atoms with Crippen molar-refractivity contribution in [3.63, 3.8) is 0 Å². The molecule has 2 aromatic carbocycles. The largest absolute Gasteiger partial charge is 0.457 e. The Balaban J connectivity index is 2.35. The zero-order valence-electron chi connectivity index (χ0n) is 10.4. The molecule has 0 bridgehead atoms. The summed E-state index contributed by atoms with van der Waals surface area (Å²) in [5, 5.41) is 11.0. The van der Waals surface area contributed by atoms with Gasteiger partial charge in [0.25, 0.3) is 5.69 Å². The predicted octanol–water partition coefficient (Wildman–Crippen LogP) is 2.29. The van der Waals surface area contributed by atoms with Gasteiger partial charge in [-0.05, 0) is 24.3 Å². The molecule has 0 heterocycles. The van der Waals surface area contributed by atoms with Crippen LogP contribution in [-0.2, 0) is 0 Å². The fourth-order valence-corrected chi connectivity index (χ4v) is 1.57. The molecule has 7 heteroatoms.